The summed E-state index contributed by atoms with van der Waals surface area (Å²) in [5.74, 6) is 0. The summed E-state index contributed by atoms with van der Waals surface area (Å²) in [5.41, 5.74) is 1.23. The van der Waals surface area contributed by atoms with Crippen molar-refractivity contribution in [2.75, 3.05) is 0 Å². The highest BCUT2D eigenvalue weighted by Crippen LogP contribution is 2.14. The summed E-state index contributed by atoms with van der Waals surface area (Å²) in [6, 6.07) is 9.37. The predicted molar refractivity (Wildman–Crippen MR) is 64.3 cm³/mol. The van der Waals surface area contributed by atoms with E-state index in [-0.39, 0.29) is 5.69 Å². The molecule has 1 heterocycles. The molecule has 0 fully saturated rings. The Kier molecular flexibility index (Phi) is 3.05. The van der Waals surface area contributed by atoms with Gasteiger partial charge in [-0.3, -0.25) is 10.1 Å². The third kappa shape index (κ3) is 2.49. The molecule has 0 amide bonds. The van der Waals surface area contributed by atoms with Crippen LogP contribution >= 0.6 is 15.9 Å². The SMILES string of the molecule is O=[N+]([O-])c1ccn(Cc2ccc(Br)cc2)c1. The van der Waals surface area contributed by atoms with Gasteiger partial charge in [-0.15, -0.1) is 0 Å². The van der Waals surface area contributed by atoms with Crippen LogP contribution in [0.3, 0.4) is 0 Å². The van der Waals surface area contributed by atoms with Crippen molar-refractivity contribution in [2.45, 2.75) is 6.54 Å². The number of hydrogen-bond donors (Lipinski definition) is 0. The maximum absolute atomic E-state index is 10.5. The standard InChI is InChI=1S/C11H9BrN2O2/c12-10-3-1-9(2-4-10)7-13-6-5-11(8-13)14(15)16/h1-6,8H,7H2. The molecule has 4 nitrogen and oxygen atoms in total. The molecule has 2 rings (SSSR count). The third-order valence-electron chi connectivity index (χ3n) is 2.22. The number of nitro groups is 1. The van der Waals surface area contributed by atoms with Crippen LogP contribution in [0.4, 0.5) is 5.69 Å². The minimum Gasteiger partial charge on any atom is -0.344 e. The molecule has 0 aliphatic heterocycles. The lowest BCUT2D eigenvalue weighted by Crippen LogP contribution is -1.95. The molecule has 0 N–H and O–H groups in total. The average Bonchev–Trinajstić information content (AvgIpc) is 2.70. The van der Waals surface area contributed by atoms with Gasteiger partial charge >= 0.3 is 0 Å². The third-order valence-corrected chi connectivity index (χ3v) is 2.75. The largest absolute Gasteiger partial charge is 0.344 e. The van der Waals surface area contributed by atoms with Crippen molar-refractivity contribution in [2.24, 2.45) is 0 Å². The van der Waals surface area contributed by atoms with Crippen molar-refractivity contribution >= 4 is 21.6 Å². The highest BCUT2D eigenvalue weighted by atomic mass is 79.9. The van der Waals surface area contributed by atoms with Crippen molar-refractivity contribution in [3.63, 3.8) is 0 Å². The van der Waals surface area contributed by atoms with E-state index >= 15 is 0 Å². The Labute approximate surface area is 101 Å². The number of aromatic nitrogens is 1. The zero-order valence-corrected chi connectivity index (χ0v) is 9.92. The van der Waals surface area contributed by atoms with Crippen LogP contribution in [0.1, 0.15) is 5.56 Å². The van der Waals surface area contributed by atoms with E-state index in [1.54, 1.807) is 10.8 Å². The van der Waals surface area contributed by atoms with Gasteiger partial charge in [-0.05, 0) is 17.7 Å². The maximum Gasteiger partial charge on any atom is 0.286 e. The van der Waals surface area contributed by atoms with Crippen LogP contribution in [-0.4, -0.2) is 9.49 Å². The topological polar surface area (TPSA) is 48.1 Å². The van der Waals surface area contributed by atoms with Crippen molar-refractivity contribution in [1.29, 1.82) is 0 Å². The van der Waals surface area contributed by atoms with Crippen LogP contribution in [-0.2, 0) is 6.54 Å². The lowest BCUT2D eigenvalue weighted by atomic mass is 10.2. The van der Waals surface area contributed by atoms with E-state index in [0.717, 1.165) is 10.0 Å². The van der Waals surface area contributed by atoms with Gasteiger partial charge in [0.05, 0.1) is 11.1 Å². The van der Waals surface area contributed by atoms with Gasteiger partial charge in [-0.1, -0.05) is 28.1 Å². The van der Waals surface area contributed by atoms with Gasteiger partial charge in [0.2, 0.25) is 0 Å². The number of benzene rings is 1. The Morgan fingerprint density at radius 3 is 2.50 bits per heavy atom. The molecule has 16 heavy (non-hydrogen) atoms. The number of halogens is 1. The molecule has 0 saturated heterocycles. The summed E-state index contributed by atoms with van der Waals surface area (Å²) in [5, 5.41) is 10.5. The molecule has 0 saturated carbocycles. The molecule has 0 radical (unpaired) electrons. The van der Waals surface area contributed by atoms with E-state index in [1.165, 1.54) is 12.3 Å². The van der Waals surface area contributed by atoms with Crippen molar-refractivity contribution in [3.05, 3.63) is 62.9 Å². The van der Waals surface area contributed by atoms with Crippen LogP contribution in [0, 0.1) is 10.1 Å². The highest BCUT2D eigenvalue weighted by Gasteiger charge is 2.06. The van der Waals surface area contributed by atoms with Crippen molar-refractivity contribution in [3.8, 4) is 0 Å². The minimum atomic E-state index is -0.391. The average molecular weight is 281 g/mol. The van der Waals surface area contributed by atoms with E-state index in [4.69, 9.17) is 0 Å². The van der Waals surface area contributed by atoms with E-state index in [0.29, 0.717) is 6.54 Å². The first-order chi connectivity index (χ1) is 7.65. The lowest BCUT2D eigenvalue weighted by molar-refractivity contribution is -0.384. The molecular weight excluding hydrogens is 272 g/mol. The van der Waals surface area contributed by atoms with Crippen molar-refractivity contribution in [1.82, 2.24) is 4.57 Å². The van der Waals surface area contributed by atoms with E-state index in [1.807, 2.05) is 24.3 Å². The van der Waals surface area contributed by atoms with Gasteiger partial charge in [0, 0.05) is 23.3 Å². The van der Waals surface area contributed by atoms with Crippen LogP contribution in [0.5, 0.6) is 0 Å². The second kappa shape index (κ2) is 4.49. The summed E-state index contributed by atoms with van der Waals surface area (Å²) in [6.07, 6.45) is 3.24. The lowest BCUT2D eigenvalue weighted by Gasteiger charge is -2.02. The summed E-state index contributed by atoms with van der Waals surface area (Å²) in [7, 11) is 0. The van der Waals surface area contributed by atoms with Gasteiger partial charge in [0.1, 0.15) is 0 Å². The van der Waals surface area contributed by atoms with Gasteiger partial charge in [0.15, 0.2) is 0 Å². The zero-order chi connectivity index (χ0) is 11.5. The quantitative estimate of drug-likeness (QED) is 0.640. The van der Waals surface area contributed by atoms with Crippen molar-refractivity contribution < 1.29 is 4.92 Å². The Morgan fingerprint density at radius 1 is 1.25 bits per heavy atom. The Bertz CT molecular complexity index is 505. The fourth-order valence-electron chi connectivity index (χ4n) is 1.44. The molecule has 0 unspecified atom stereocenters. The monoisotopic (exact) mass is 280 g/mol. The highest BCUT2D eigenvalue weighted by molar-refractivity contribution is 9.10. The van der Waals surface area contributed by atoms with E-state index < -0.39 is 4.92 Å². The number of nitrogens with zero attached hydrogens (tertiary/aromatic N) is 2. The van der Waals surface area contributed by atoms with Gasteiger partial charge in [0.25, 0.3) is 5.69 Å². The summed E-state index contributed by atoms with van der Waals surface area (Å²) in [4.78, 5) is 10.1. The van der Waals surface area contributed by atoms with Crippen LogP contribution in [0.2, 0.25) is 0 Å². The molecule has 1 aromatic carbocycles. The van der Waals surface area contributed by atoms with Gasteiger partial charge in [-0.25, -0.2) is 0 Å². The molecule has 0 bridgehead atoms. The fourth-order valence-corrected chi connectivity index (χ4v) is 1.70. The summed E-state index contributed by atoms with van der Waals surface area (Å²) < 4.78 is 2.82. The predicted octanol–water partition coefficient (Wildman–Crippen LogP) is 3.21. The molecule has 0 aliphatic carbocycles. The number of rotatable bonds is 3. The summed E-state index contributed by atoms with van der Waals surface area (Å²) in [6.45, 7) is 0.640. The van der Waals surface area contributed by atoms with Crippen LogP contribution < -0.4 is 0 Å². The molecule has 0 spiro atoms. The Hall–Kier alpha value is -1.62. The molecular formula is C11H9BrN2O2. The van der Waals surface area contributed by atoms with E-state index in [9.17, 15) is 10.1 Å². The van der Waals surface area contributed by atoms with Crippen LogP contribution in [0.25, 0.3) is 0 Å². The Morgan fingerprint density at radius 2 is 1.94 bits per heavy atom. The van der Waals surface area contributed by atoms with Gasteiger partial charge < -0.3 is 4.57 Å². The minimum absolute atomic E-state index is 0.122. The molecule has 0 aliphatic rings. The smallest absolute Gasteiger partial charge is 0.286 e. The molecule has 2 aromatic rings. The first-order valence-electron chi connectivity index (χ1n) is 4.70. The maximum atomic E-state index is 10.5. The van der Waals surface area contributed by atoms with E-state index in [2.05, 4.69) is 15.9 Å². The summed E-state index contributed by atoms with van der Waals surface area (Å²) >= 11 is 3.36. The fraction of sp³-hybridized carbons (Fsp3) is 0.0909. The molecule has 1 aromatic heterocycles. The first-order valence-corrected chi connectivity index (χ1v) is 5.49. The normalized spacial score (nSPS) is 10.3. The van der Waals surface area contributed by atoms with Crippen LogP contribution in [0.15, 0.2) is 47.2 Å². The molecule has 5 heteroatoms. The zero-order valence-electron chi connectivity index (χ0n) is 8.34. The Balaban J connectivity index is 2.14. The molecule has 82 valence electrons. The second-order valence-corrected chi connectivity index (χ2v) is 4.34. The first kappa shape index (κ1) is 10.9. The molecule has 0 atom stereocenters. The second-order valence-electron chi connectivity index (χ2n) is 3.43. The van der Waals surface area contributed by atoms with Gasteiger partial charge in [-0.2, -0.15) is 0 Å². The number of hydrogen-bond acceptors (Lipinski definition) is 2.